The molecule has 1 saturated carbocycles. The highest BCUT2D eigenvalue weighted by Gasteiger charge is 2.54. The molecule has 6 heteroatoms. The summed E-state index contributed by atoms with van der Waals surface area (Å²) >= 11 is 0. The van der Waals surface area contributed by atoms with Crippen LogP contribution in [0.5, 0.6) is 0 Å². The van der Waals surface area contributed by atoms with Crippen LogP contribution in [0, 0.1) is 23.2 Å². The third-order valence-corrected chi connectivity index (χ3v) is 5.30. The van der Waals surface area contributed by atoms with Crippen molar-refractivity contribution in [3.63, 3.8) is 0 Å². The van der Waals surface area contributed by atoms with Gasteiger partial charge in [-0.1, -0.05) is 18.6 Å². The molecule has 0 radical (unpaired) electrons. The minimum absolute atomic E-state index is 0.00583. The number of nitrogens with zero attached hydrogens (tertiary/aromatic N) is 2. The molecule has 0 spiro atoms. The Morgan fingerprint density at radius 3 is 2.54 bits per heavy atom. The number of hydrogen-bond acceptors (Lipinski definition) is 3. The van der Waals surface area contributed by atoms with Crippen LogP contribution >= 0.6 is 0 Å². The summed E-state index contributed by atoms with van der Waals surface area (Å²) < 4.78 is 44.4. The monoisotopic (exact) mass is 338 g/mol. The SMILES string of the molecule is CN1C[C@H]2CCC[C@@H](C1)C2(OCC(F)(F)F)c1cccc(C#N)c1. The van der Waals surface area contributed by atoms with E-state index in [-0.39, 0.29) is 11.8 Å². The Balaban J connectivity index is 2.05. The van der Waals surface area contributed by atoms with Gasteiger partial charge >= 0.3 is 6.18 Å². The van der Waals surface area contributed by atoms with E-state index < -0.39 is 18.4 Å². The first-order valence-corrected chi connectivity index (χ1v) is 8.25. The largest absolute Gasteiger partial charge is 0.411 e. The maximum atomic E-state index is 12.9. The Kier molecular flexibility index (Phi) is 4.58. The number of alkyl halides is 3. The summed E-state index contributed by atoms with van der Waals surface area (Å²) in [6.07, 6.45) is -1.67. The van der Waals surface area contributed by atoms with E-state index in [0.29, 0.717) is 24.2 Å². The van der Waals surface area contributed by atoms with Crippen molar-refractivity contribution < 1.29 is 17.9 Å². The fraction of sp³-hybridized carbons (Fsp3) is 0.611. The molecule has 24 heavy (non-hydrogen) atoms. The molecule has 130 valence electrons. The molecule has 1 heterocycles. The first kappa shape index (κ1) is 17.2. The fourth-order valence-electron chi connectivity index (χ4n) is 4.48. The number of rotatable bonds is 3. The number of nitriles is 1. The smallest absolute Gasteiger partial charge is 0.360 e. The summed E-state index contributed by atoms with van der Waals surface area (Å²) in [5.41, 5.74) is 0.223. The van der Waals surface area contributed by atoms with Gasteiger partial charge in [0.2, 0.25) is 0 Å². The van der Waals surface area contributed by atoms with Gasteiger partial charge in [0, 0.05) is 24.9 Å². The van der Waals surface area contributed by atoms with Gasteiger partial charge < -0.3 is 9.64 Å². The minimum atomic E-state index is -4.36. The molecule has 1 saturated heterocycles. The number of benzene rings is 1. The number of halogens is 3. The molecule has 1 unspecified atom stereocenters. The minimum Gasteiger partial charge on any atom is -0.360 e. The lowest BCUT2D eigenvalue weighted by Crippen LogP contribution is -2.59. The van der Waals surface area contributed by atoms with Crippen molar-refractivity contribution >= 4 is 0 Å². The van der Waals surface area contributed by atoms with Crippen molar-refractivity contribution in [2.75, 3.05) is 26.7 Å². The van der Waals surface area contributed by atoms with Crippen LogP contribution in [0.4, 0.5) is 13.2 Å². The van der Waals surface area contributed by atoms with Gasteiger partial charge in [-0.15, -0.1) is 0 Å². The molecular formula is C18H21F3N2O. The molecule has 2 fully saturated rings. The maximum Gasteiger partial charge on any atom is 0.411 e. The van der Waals surface area contributed by atoms with Crippen LogP contribution in [0.15, 0.2) is 24.3 Å². The van der Waals surface area contributed by atoms with Crippen LogP contribution in [0.1, 0.15) is 30.4 Å². The summed E-state index contributed by atoms with van der Waals surface area (Å²) in [7, 11) is 2.00. The van der Waals surface area contributed by atoms with Gasteiger partial charge in [0.15, 0.2) is 0 Å². The summed E-state index contributed by atoms with van der Waals surface area (Å²) in [5, 5.41) is 9.17. The summed E-state index contributed by atoms with van der Waals surface area (Å²) in [5.74, 6) is 0.0117. The molecule has 2 aliphatic rings. The van der Waals surface area contributed by atoms with Crippen molar-refractivity contribution in [2.24, 2.45) is 11.8 Å². The molecule has 3 nitrogen and oxygen atoms in total. The molecule has 0 N–H and O–H groups in total. The van der Waals surface area contributed by atoms with Gasteiger partial charge in [0.05, 0.1) is 11.6 Å². The van der Waals surface area contributed by atoms with E-state index in [0.717, 1.165) is 19.3 Å². The van der Waals surface area contributed by atoms with Crippen LogP contribution in [-0.2, 0) is 10.3 Å². The fourth-order valence-corrected chi connectivity index (χ4v) is 4.48. The average molecular weight is 338 g/mol. The number of fused-ring (bicyclic) bond motifs is 2. The topological polar surface area (TPSA) is 36.3 Å². The normalized spacial score (nSPS) is 30.8. The Bertz CT molecular complexity index is 624. The second-order valence-corrected chi connectivity index (χ2v) is 6.94. The van der Waals surface area contributed by atoms with E-state index in [4.69, 9.17) is 10.00 Å². The Morgan fingerprint density at radius 2 is 1.96 bits per heavy atom. The highest BCUT2D eigenvalue weighted by molar-refractivity contribution is 5.37. The van der Waals surface area contributed by atoms with Crippen molar-refractivity contribution in [3.05, 3.63) is 35.4 Å². The van der Waals surface area contributed by atoms with Crippen LogP contribution in [0.2, 0.25) is 0 Å². The van der Waals surface area contributed by atoms with Gasteiger partial charge in [-0.05, 0) is 37.6 Å². The standard InChI is InChI=1S/C18H21F3N2O/c1-23-10-15-6-3-7-16(11-23)18(15,24-12-17(19,20)21)14-5-2-4-13(8-14)9-22/h2,4-5,8,15-16H,3,6-7,10-12H2,1H3/t15-,16+,18?. The van der Waals surface area contributed by atoms with E-state index in [9.17, 15) is 13.2 Å². The molecule has 1 aromatic carbocycles. The molecule has 2 bridgehead atoms. The maximum absolute atomic E-state index is 12.9. The zero-order chi connectivity index (χ0) is 17.4. The molecule has 1 aliphatic heterocycles. The van der Waals surface area contributed by atoms with Gasteiger partial charge in [-0.3, -0.25) is 0 Å². The van der Waals surface area contributed by atoms with Crippen LogP contribution < -0.4 is 0 Å². The lowest BCUT2D eigenvalue weighted by molar-refractivity contribution is -0.251. The van der Waals surface area contributed by atoms with Gasteiger partial charge in [-0.2, -0.15) is 18.4 Å². The molecule has 1 aromatic rings. The quantitative estimate of drug-likeness (QED) is 0.843. The van der Waals surface area contributed by atoms with E-state index in [1.54, 1.807) is 18.2 Å². The molecule has 3 rings (SSSR count). The van der Waals surface area contributed by atoms with E-state index in [2.05, 4.69) is 11.0 Å². The molecule has 0 aromatic heterocycles. The number of likely N-dealkylation sites (tertiary alicyclic amines) is 1. The zero-order valence-electron chi connectivity index (χ0n) is 13.6. The molecular weight excluding hydrogens is 317 g/mol. The highest BCUT2D eigenvalue weighted by Crippen LogP contribution is 2.52. The van der Waals surface area contributed by atoms with E-state index >= 15 is 0 Å². The molecule has 3 atom stereocenters. The Labute approximate surface area is 140 Å². The second kappa shape index (κ2) is 6.38. The second-order valence-electron chi connectivity index (χ2n) is 6.94. The Hall–Kier alpha value is -1.58. The van der Waals surface area contributed by atoms with Crippen LogP contribution in [0.25, 0.3) is 0 Å². The van der Waals surface area contributed by atoms with Crippen molar-refractivity contribution in [3.8, 4) is 6.07 Å². The molecule has 1 aliphatic carbocycles. The lowest BCUT2D eigenvalue weighted by Gasteiger charge is -2.55. The summed E-state index contributed by atoms with van der Waals surface area (Å²) in [6, 6.07) is 9.01. The van der Waals surface area contributed by atoms with Gasteiger partial charge in [0.1, 0.15) is 12.2 Å². The Morgan fingerprint density at radius 1 is 1.29 bits per heavy atom. The van der Waals surface area contributed by atoms with E-state index in [1.807, 2.05) is 13.1 Å². The molecule has 0 amide bonds. The van der Waals surface area contributed by atoms with Crippen molar-refractivity contribution in [1.29, 1.82) is 5.26 Å². The third-order valence-electron chi connectivity index (χ3n) is 5.30. The highest BCUT2D eigenvalue weighted by atomic mass is 19.4. The predicted molar refractivity (Wildman–Crippen MR) is 83.2 cm³/mol. The van der Waals surface area contributed by atoms with Crippen molar-refractivity contribution in [2.45, 2.75) is 31.0 Å². The van der Waals surface area contributed by atoms with Gasteiger partial charge in [0.25, 0.3) is 0 Å². The van der Waals surface area contributed by atoms with Crippen molar-refractivity contribution in [1.82, 2.24) is 4.90 Å². The van der Waals surface area contributed by atoms with Crippen LogP contribution in [0.3, 0.4) is 0 Å². The van der Waals surface area contributed by atoms with Gasteiger partial charge in [-0.25, -0.2) is 0 Å². The summed E-state index contributed by atoms with van der Waals surface area (Å²) in [4.78, 5) is 2.18. The predicted octanol–water partition coefficient (Wildman–Crippen LogP) is 3.69. The number of piperidine rings is 1. The summed E-state index contributed by atoms with van der Waals surface area (Å²) in [6.45, 7) is 0.177. The third kappa shape index (κ3) is 3.15. The zero-order valence-corrected chi connectivity index (χ0v) is 13.6. The number of hydrogen-bond donors (Lipinski definition) is 0. The first-order valence-electron chi connectivity index (χ1n) is 8.25. The first-order chi connectivity index (χ1) is 11.3. The number of ether oxygens (including phenoxy) is 1. The van der Waals surface area contributed by atoms with E-state index in [1.165, 1.54) is 0 Å². The lowest BCUT2D eigenvalue weighted by atomic mass is 9.62. The van der Waals surface area contributed by atoms with Crippen LogP contribution in [-0.4, -0.2) is 37.8 Å². The average Bonchev–Trinajstić information content (AvgIpc) is 2.52.